The summed E-state index contributed by atoms with van der Waals surface area (Å²) in [5, 5.41) is 7.71. The van der Waals surface area contributed by atoms with Crippen molar-refractivity contribution in [3.05, 3.63) is 51.7 Å². The second kappa shape index (κ2) is 6.92. The number of hydrogen-bond acceptors (Lipinski definition) is 6. The summed E-state index contributed by atoms with van der Waals surface area (Å²) < 4.78 is 48.3. The molecule has 0 bridgehead atoms. The van der Waals surface area contributed by atoms with Crippen LogP contribution in [0.15, 0.2) is 39.8 Å². The van der Waals surface area contributed by atoms with Crippen LogP contribution in [0.3, 0.4) is 0 Å². The number of hydrogen-bond donors (Lipinski definition) is 1. The van der Waals surface area contributed by atoms with E-state index in [0.717, 1.165) is 4.52 Å². The molecule has 0 unspecified atom stereocenters. The monoisotopic (exact) mass is 425 g/mol. The zero-order valence-corrected chi connectivity index (χ0v) is 15.4. The van der Waals surface area contributed by atoms with E-state index in [-0.39, 0.29) is 22.3 Å². The first kappa shape index (κ1) is 19.0. The van der Waals surface area contributed by atoms with Gasteiger partial charge in [-0.1, -0.05) is 22.8 Å². The molecule has 4 aromatic rings. The average molecular weight is 426 g/mol. The number of H-pyrrole nitrogens is 1. The molecule has 0 fully saturated rings. The number of ether oxygens (including phenoxy) is 1. The van der Waals surface area contributed by atoms with Crippen LogP contribution in [-0.2, 0) is 0 Å². The molecule has 1 aromatic carbocycles. The van der Waals surface area contributed by atoms with Crippen LogP contribution in [0, 0.1) is 6.92 Å². The van der Waals surface area contributed by atoms with Crippen LogP contribution in [0.25, 0.3) is 28.4 Å². The summed E-state index contributed by atoms with van der Waals surface area (Å²) in [6.45, 7) is 0.151. The van der Waals surface area contributed by atoms with Gasteiger partial charge < -0.3 is 14.2 Å². The van der Waals surface area contributed by atoms with Crippen molar-refractivity contribution in [1.29, 1.82) is 0 Å². The first-order chi connectivity index (χ1) is 13.7. The van der Waals surface area contributed by atoms with Gasteiger partial charge in [-0.15, -0.1) is 0 Å². The molecule has 0 amide bonds. The molecule has 8 nitrogen and oxygen atoms in total. The topological polar surface area (TPSA) is 98.3 Å². The molecule has 1 N–H and O–H groups in total. The first-order valence-corrected chi connectivity index (χ1v) is 8.50. The fourth-order valence-electron chi connectivity index (χ4n) is 2.64. The van der Waals surface area contributed by atoms with Crippen molar-refractivity contribution in [3.8, 4) is 28.5 Å². The number of rotatable bonds is 4. The number of aryl methyl sites for hydroxylation is 1. The molecule has 0 aliphatic rings. The molecule has 0 aliphatic heterocycles. The molecule has 0 aliphatic carbocycles. The normalized spacial score (nSPS) is 11.9. The Morgan fingerprint density at radius 3 is 2.79 bits per heavy atom. The van der Waals surface area contributed by atoms with E-state index < -0.39 is 18.3 Å². The number of halogens is 4. The average Bonchev–Trinajstić information content (AvgIpc) is 3.26. The lowest BCUT2D eigenvalue weighted by Crippen LogP contribution is -2.19. The quantitative estimate of drug-likeness (QED) is 0.536. The Bertz CT molecular complexity index is 1260. The zero-order chi connectivity index (χ0) is 20.8. The summed E-state index contributed by atoms with van der Waals surface area (Å²) in [5.41, 5.74) is 0.911. The van der Waals surface area contributed by atoms with Crippen molar-refractivity contribution >= 4 is 17.2 Å². The predicted octanol–water partition coefficient (Wildman–Crippen LogP) is 3.64. The van der Waals surface area contributed by atoms with Gasteiger partial charge in [-0.3, -0.25) is 4.79 Å². The summed E-state index contributed by atoms with van der Waals surface area (Å²) >= 11 is 5.92. The van der Waals surface area contributed by atoms with Crippen LogP contribution >= 0.6 is 11.6 Å². The lowest BCUT2D eigenvalue weighted by molar-refractivity contribution is -0.153. The maximum atomic E-state index is 12.5. The van der Waals surface area contributed by atoms with Gasteiger partial charge in [0.05, 0.1) is 16.9 Å². The van der Waals surface area contributed by atoms with Gasteiger partial charge in [0.25, 0.3) is 11.4 Å². The summed E-state index contributed by atoms with van der Waals surface area (Å²) in [5.74, 6) is 0.404. The Hall–Kier alpha value is -3.34. The number of aromatic amines is 1. The highest BCUT2D eigenvalue weighted by molar-refractivity contribution is 6.32. The Morgan fingerprint density at radius 1 is 1.31 bits per heavy atom. The van der Waals surface area contributed by atoms with Gasteiger partial charge in [-0.25, -0.2) is 0 Å². The molecule has 12 heteroatoms. The minimum absolute atomic E-state index is 0.00722. The molecule has 4 rings (SSSR count). The predicted molar refractivity (Wildman–Crippen MR) is 95.8 cm³/mol. The van der Waals surface area contributed by atoms with E-state index in [9.17, 15) is 18.0 Å². The molecule has 0 radical (unpaired) electrons. The highest BCUT2D eigenvalue weighted by atomic mass is 35.5. The van der Waals surface area contributed by atoms with Crippen molar-refractivity contribution in [1.82, 2.24) is 24.7 Å². The van der Waals surface area contributed by atoms with E-state index in [1.807, 2.05) is 0 Å². The number of alkyl halides is 3. The third-order valence-electron chi connectivity index (χ3n) is 3.89. The summed E-state index contributed by atoms with van der Waals surface area (Å²) in [7, 11) is 0. The Balaban J connectivity index is 1.79. The molecule has 0 atom stereocenters. The van der Waals surface area contributed by atoms with Crippen LogP contribution in [0.4, 0.5) is 13.2 Å². The molecule has 3 aromatic heterocycles. The molecular weight excluding hydrogens is 415 g/mol. The SMILES string of the molecule is Cc1noc(-c2cnn3c(=O)cc(-c4ccc(Cl)c(OCC(F)(F)F)c4)[nH]c23)n1. The number of nitrogens with zero attached hydrogens (tertiary/aromatic N) is 4. The van der Waals surface area contributed by atoms with E-state index in [1.54, 1.807) is 6.92 Å². The van der Waals surface area contributed by atoms with E-state index in [1.165, 1.54) is 30.5 Å². The highest BCUT2D eigenvalue weighted by Gasteiger charge is 2.29. The van der Waals surface area contributed by atoms with Gasteiger partial charge in [0.2, 0.25) is 0 Å². The Kier molecular flexibility index (Phi) is 4.53. The van der Waals surface area contributed by atoms with Gasteiger partial charge >= 0.3 is 6.18 Å². The largest absolute Gasteiger partial charge is 0.483 e. The summed E-state index contributed by atoms with van der Waals surface area (Å²) in [6, 6.07) is 5.48. The number of fused-ring (bicyclic) bond motifs is 1. The van der Waals surface area contributed by atoms with E-state index in [2.05, 4.69) is 20.2 Å². The third-order valence-corrected chi connectivity index (χ3v) is 4.20. The maximum absolute atomic E-state index is 12.5. The fraction of sp³-hybridized carbons (Fsp3) is 0.176. The van der Waals surface area contributed by atoms with Gasteiger partial charge in [-0.2, -0.15) is 27.8 Å². The molecule has 29 heavy (non-hydrogen) atoms. The van der Waals surface area contributed by atoms with Crippen molar-refractivity contribution in [2.24, 2.45) is 0 Å². The minimum atomic E-state index is -4.51. The van der Waals surface area contributed by atoms with Gasteiger partial charge in [0.15, 0.2) is 18.1 Å². The molecule has 150 valence electrons. The second-order valence-electron chi connectivity index (χ2n) is 6.04. The molecular formula is C17H11ClF3N5O3. The smallest absolute Gasteiger partial charge is 0.422 e. The Labute approximate surface area is 164 Å². The van der Waals surface area contributed by atoms with Crippen LogP contribution in [0.5, 0.6) is 5.75 Å². The van der Waals surface area contributed by atoms with Crippen LogP contribution in [-0.4, -0.2) is 37.5 Å². The lowest BCUT2D eigenvalue weighted by Gasteiger charge is -2.12. The van der Waals surface area contributed by atoms with Crippen LogP contribution in [0.2, 0.25) is 5.02 Å². The van der Waals surface area contributed by atoms with Crippen LogP contribution < -0.4 is 10.3 Å². The summed E-state index contributed by atoms with van der Waals surface area (Å²) in [4.78, 5) is 19.6. The van der Waals surface area contributed by atoms with E-state index in [0.29, 0.717) is 22.6 Å². The molecule has 0 saturated heterocycles. The van der Waals surface area contributed by atoms with Crippen LogP contribution in [0.1, 0.15) is 5.82 Å². The second-order valence-corrected chi connectivity index (χ2v) is 6.44. The Morgan fingerprint density at radius 2 is 2.10 bits per heavy atom. The van der Waals surface area contributed by atoms with E-state index >= 15 is 0 Å². The zero-order valence-electron chi connectivity index (χ0n) is 14.6. The number of benzene rings is 1. The first-order valence-electron chi connectivity index (χ1n) is 8.12. The van der Waals surface area contributed by atoms with Crippen molar-refractivity contribution in [2.45, 2.75) is 13.1 Å². The minimum Gasteiger partial charge on any atom is -0.483 e. The molecule has 3 heterocycles. The highest BCUT2D eigenvalue weighted by Crippen LogP contribution is 2.31. The molecule has 0 saturated carbocycles. The van der Waals surface area contributed by atoms with Gasteiger partial charge in [0.1, 0.15) is 11.3 Å². The third kappa shape index (κ3) is 3.81. The van der Waals surface area contributed by atoms with Crippen molar-refractivity contribution < 1.29 is 22.4 Å². The van der Waals surface area contributed by atoms with Gasteiger partial charge in [-0.05, 0) is 19.1 Å². The molecule has 0 spiro atoms. The van der Waals surface area contributed by atoms with Crippen molar-refractivity contribution in [3.63, 3.8) is 0 Å². The van der Waals surface area contributed by atoms with E-state index in [4.69, 9.17) is 20.9 Å². The standard InChI is InChI=1S/C17H11ClF3N5O3/c1-8-23-16(29-25-8)10-6-22-26-14(27)5-12(24-15(10)26)9-2-3-11(18)13(4-9)28-7-17(19,20)21/h2-6,24H,7H2,1H3. The number of aromatic nitrogens is 5. The summed E-state index contributed by atoms with van der Waals surface area (Å²) in [6.07, 6.45) is -3.12. The van der Waals surface area contributed by atoms with Crippen molar-refractivity contribution in [2.75, 3.05) is 6.61 Å². The number of nitrogens with one attached hydrogen (secondary N) is 1. The maximum Gasteiger partial charge on any atom is 0.422 e. The fourth-order valence-corrected chi connectivity index (χ4v) is 2.82. The lowest BCUT2D eigenvalue weighted by atomic mass is 10.1. The van der Waals surface area contributed by atoms with Gasteiger partial charge in [0, 0.05) is 11.6 Å².